The Morgan fingerprint density at radius 3 is 2.83 bits per heavy atom. The minimum absolute atomic E-state index is 0.319. The predicted octanol–water partition coefficient (Wildman–Crippen LogP) is 1.68. The number of thioether (sulfide) groups is 1. The van der Waals surface area contributed by atoms with Crippen molar-refractivity contribution in [1.29, 1.82) is 0 Å². The maximum absolute atomic E-state index is 10.6. The van der Waals surface area contributed by atoms with Crippen molar-refractivity contribution in [3.05, 3.63) is 29.6 Å². The molecule has 0 spiro atoms. The van der Waals surface area contributed by atoms with E-state index < -0.39 is 5.91 Å². The first-order valence-electron chi connectivity index (χ1n) is 3.32. The first-order chi connectivity index (χ1) is 5.61. The highest BCUT2D eigenvalue weighted by molar-refractivity contribution is 8.04. The average Bonchev–Trinajstić information content (AvgIpc) is 2.36. The van der Waals surface area contributed by atoms with Crippen LogP contribution in [-0.2, 0) is 4.79 Å². The number of hydrogen-bond donors (Lipinski definition) is 1. The van der Waals surface area contributed by atoms with Gasteiger partial charge in [-0.3, -0.25) is 4.79 Å². The van der Waals surface area contributed by atoms with Gasteiger partial charge in [0.15, 0.2) is 0 Å². The number of primary amides is 1. The monoisotopic (exact) mass is 183 g/mol. The Bertz CT molecular complexity index is 317. The van der Waals surface area contributed by atoms with Crippen molar-refractivity contribution < 1.29 is 9.21 Å². The quantitative estimate of drug-likeness (QED) is 0.573. The molecule has 12 heavy (non-hydrogen) atoms. The Labute approximate surface area is 74.6 Å². The summed E-state index contributed by atoms with van der Waals surface area (Å²) in [6.07, 6.45) is 1.56. The molecule has 1 aromatic rings. The smallest absolute Gasteiger partial charge is 0.254 e. The minimum Gasteiger partial charge on any atom is -0.468 e. The molecule has 1 heterocycles. The highest BCUT2D eigenvalue weighted by Gasteiger charge is 2.07. The highest BCUT2D eigenvalue weighted by atomic mass is 32.2. The molecule has 1 aromatic heterocycles. The summed E-state index contributed by atoms with van der Waals surface area (Å²) in [7, 11) is 0. The average molecular weight is 183 g/mol. The van der Waals surface area contributed by atoms with Crippen LogP contribution in [0.1, 0.15) is 5.76 Å². The van der Waals surface area contributed by atoms with Gasteiger partial charge >= 0.3 is 0 Å². The van der Waals surface area contributed by atoms with Gasteiger partial charge in [0.25, 0.3) is 5.91 Å². The van der Waals surface area contributed by atoms with E-state index in [4.69, 9.17) is 10.2 Å². The van der Waals surface area contributed by atoms with Crippen LogP contribution in [0.2, 0.25) is 0 Å². The Kier molecular flexibility index (Phi) is 2.60. The maximum Gasteiger partial charge on any atom is 0.254 e. The normalized spacial score (nSPS) is 9.75. The van der Waals surface area contributed by atoms with Gasteiger partial charge in [-0.1, -0.05) is 18.3 Å². The van der Waals surface area contributed by atoms with Crippen LogP contribution in [0.5, 0.6) is 0 Å². The molecule has 0 atom stereocenters. The molecule has 1 rings (SSSR count). The molecule has 0 bridgehead atoms. The SMILES string of the molecule is C=C(Sc1ccoc1C)C(N)=O. The fourth-order valence-corrected chi connectivity index (χ4v) is 1.34. The number of nitrogens with two attached hydrogens (primary N) is 1. The molecule has 0 fully saturated rings. The molecular formula is C8H9NO2S. The molecule has 0 saturated carbocycles. The summed E-state index contributed by atoms with van der Waals surface area (Å²) in [4.78, 5) is 11.8. The maximum atomic E-state index is 10.6. The van der Waals surface area contributed by atoms with Crippen molar-refractivity contribution in [3.8, 4) is 0 Å². The second kappa shape index (κ2) is 3.49. The number of hydrogen-bond acceptors (Lipinski definition) is 3. The van der Waals surface area contributed by atoms with E-state index in [9.17, 15) is 4.79 Å². The van der Waals surface area contributed by atoms with E-state index >= 15 is 0 Å². The number of amides is 1. The summed E-state index contributed by atoms with van der Waals surface area (Å²) in [5, 5.41) is 0. The predicted molar refractivity (Wildman–Crippen MR) is 47.6 cm³/mol. The lowest BCUT2D eigenvalue weighted by molar-refractivity contribution is -0.113. The Morgan fingerprint density at radius 2 is 2.42 bits per heavy atom. The first kappa shape index (κ1) is 8.93. The molecule has 0 radical (unpaired) electrons. The van der Waals surface area contributed by atoms with Gasteiger partial charge in [-0.15, -0.1) is 0 Å². The topological polar surface area (TPSA) is 56.2 Å². The first-order valence-corrected chi connectivity index (χ1v) is 4.13. The van der Waals surface area contributed by atoms with Crippen molar-refractivity contribution in [2.45, 2.75) is 11.8 Å². The van der Waals surface area contributed by atoms with Crippen molar-refractivity contribution in [2.75, 3.05) is 0 Å². The molecular weight excluding hydrogens is 174 g/mol. The summed E-state index contributed by atoms with van der Waals surface area (Å²) in [5.74, 6) is 0.267. The van der Waals surface area contributed by atoms with Crippen LogP contribution in [0.15, 0.2) is 33.1 Å². The van der Waals surface area contributed by atoms with Gasteiger partial charge in [0.05, 0.1) is 16.1 Å². The van der Waals surface area contributed by atoms with Crippen molar-refractivity contribution in [2.24, 2.45) is 5.73 Å². The second-order valence-electron chi connectivity index (χ2n) is 2.23. The van der Waals surface area contributed by atoms with Crippen molar-refractivity contribution in [1.82, 2.24) is 0 Å². The summed E-state index contributed by atoms with van der Waals surface area (Å²) < 4.78 is 5.03. The standard InChI is InChI=1S/C8H9NO2S/c1-5-7(3-4-11-5)12-6(2)8(9)10/h3-4H,2H2,1H3,(H2,9,10). The second-order valence-corrected chi connectivity index (χ2v) is 3.37. The third kappa shape index (κ3) is 1.92. The lowest BCUT2D eigenvalue weighted by Crippen LogP contribution is -2.10. The zero-order chi connectivity index (χ0) is 9.14. The van der Waals surface area contributed by atoms with Crippen LogP contribution in [0.3, 0.4) is 0 Å². The molecule has 0 saturated heterocycles. The third-order valence-electron chi connectivity index (χ3n) is 1.32. The van der Waals surface area contributed by atoms with Crippen LogP contribution in [0, 0.1) is 6.92 Å². The van der Waals surface area contributed by atoms with Gasteiger partial charge in [-0.25, -0.2) is 0 Å². The van der Waals surface area contributed by atoms with E-state index in [2.05, 4.69) is 6.58 Å². The summed E-state index contributed by atoms with van der Waals surface area (Å²) in [5.41, 5.74) is 5.01. The van der Waals surface area contributed by atoms with Gasteiger partial charge < -0.3 is 10.2 Å². The van der Waals surface area contributed by atoms with Gasteiger partial charge in [0.2, 0.25) is 0 Å². The Balaban J connectivity index is 2.71. The lowest BCUT2D eigenvalue weighted by atomic mass is 10.5. The fraction of sp³-hybridized carbons (Fsp3) is 0.125. The van der Waals surface area contributed by atoms with E-state index in [1.54, 1.807) is 12.3 Å². The molecule has 1 amide bonds. The number of furan rings is 1. The van der Waals surface area contributed by atoms with E-state index in [-0.39, 0.29) is 0 Å². The molecule has 64 valence electrons. The van der Waals surface area contributed by atoms with E-state index in [1.807, 2.05) is 6.92 Å². The Morgan fingerprint density at radius 1 is 1.75 bits per heavy atom. The van der Waals surface area contributed by atoms with Crippen LogP contribution >= 0.6 is 11.8 Å². The molecule has 4 heteroatoms. The zero-order valence-electron chi connectivity index (χ0n) is 6.66. The summed E-state index contributed by atoms with van der Waals surface area (Å²) in [6.45, 7) is 5.33. The third-order valence-corrected chi connectivity index (χ3v) is 2.41. The molecule has 3 nitrogen and oxygen atoms in total. The highest BCUT2D eigenvalue weighted by Crippen LogP contribution is 2.28. The number of carbonyl (C=O) groups is 1. The van der Waals surface area contributed by atoms with Gasteiger partial charge in [-0.05, 0) is 13.0 Å². The molecule has 0 aromatic carbocycles. The Hall–Kier alpha value is -1.16. The van der Waals surface area contributed by atoms with Crippen molar-refractivity contribution >= 4 is 17.7 Å². The molecule has 0 unspecified atom stereocenters. The van der Waals surface area contributed by atoms with Crippen LogP contribution in [0.25, 0.3) is 0 Å². The van der Waals surface area contributed by atoms with Gasteiger partial charge in [0.1, 0.15) is 5.76 Å². The van der Waals surface area contributed by atoms with Gasteiger partial charge in [0, 0.05) is 0 Å². The van der Waals surface area contributed by atoms with E-state index in [0.717, 1.165) is 10.7 Å². The molecule has 0 aliphatic rings. The lowest BCUT2D eigenvalue weighted by Gasteiger charge is -1.97. The van der Waals surface area contributed by atoms with E-state index in [0.29, 0.717) is 4.91 Å². The zero-order valence-corrected chi connectivity index (χ0v) is 7.48. The number of rotatable bonds is 3. The largest absolute Gasteiger partial charge is 0.468 e. The van der Waals surface area contributed by atoms with E-state index in [1.165, 1.54) is 11.8 Å². The van der Waals surface area contributed by atoms with Crippen LogP contribution in [-0.4, -0.2) is 5.91 Å². The molecule has 0 aliphatic heterocycles. The number of carbonyl (C=O) groups excluding carboxylic acids is 1. The molecule has 2 N–H and O–H groups in total. The number of aryl methyl sites for hydroxylation is 1. The summed E-state index contributed by atoms with van der Waals surface area (Å²) >= 11 is 1.22. The molecule has 0 aliphatic carbocycles. The summed E-state index contributed by atoms with van der Waals surface area (Å²) in [6, 6.07) is 1.77. The van der Waals surface area contributed by atoms with Gasteiger partial charge in [-0.2, -0.15) is 0 Å². The van der Waals surface area contributed by atoms with Crippen LogP contribution in [0.4, 0.5) is 0 Å². The van der Waals surface area contributed by atoms with Crippen molar-refractivity contribution in [3.63, 3.8) is 0 Å². The minimum atomic E-state index is -0.499. The van der Waals surface area contributed by atoms with Crippen LogP contribution < -0.4 is 5.73 Å². The fourth-order valence-electron chi connectivity index (χ4n) is 0.662.